The van der Waals surface area contributed by atoms with Crippen LogP contribution in [-0.2, 0) is 4.79 Å². The van der Waals surface area contributed by atoms with Crippen LogP contribution in [0.2, 0.25) is 0 Å². The van der Waals surface area contributed by atoms with Crippen LogP contribution in [0.5, 0.6) is 5.75 Å². The van der Waals surface area contributed by atoms with Crippen LogP contribution < -0.4 is 10.1 Å². The summed E-state index contributed by atoms with van der Waals surface area (Å²) in [5, 5.41) is 3.19. The molecule has 1 aliphatic rings. The van der Waals surface area contributed by atoms with Crippen LogP contribution in [0.15, 0.2) is 58.4 Å². The maximum atomic E-state index is 12.9. The van der Waals surface area contributed by atoms with Gasteiger partial charge in [0.2, 0.25) is 0 Å². The standard InChI is InChI=1S/C17H13FN2O2S/c1-22-14-5-3-2-4-13(14)19-17-20-16(21)15(23-17)10-11-6-8-12(18)9-7-11/h2-10H,1H3,(H,19,20,21)/b15-10-. The van der Waals surface area contributed by atoms with E-state index in [0.29, 0.717) is 21.5 Å². The van der Waals surface area contributed by atoms with Gasteiger partial charge in [0.05, 0.1) is 12.0 Å². The summed E-state index contributed by atoms with van der Waals surface area (Å²) in [5.74, 6) is 0.0906. The maximum absolute atomic E-state index is 12.9. The number of amidine groups is 1. The van der Waals surface area contributed by atoms with Gasteiger partial charge in [-0.25, -0.2) is 9.38 Å². The molecule has 0 bridgehead atoms. The van der Waals surface area contributed by atoms with E-state index in [9.17, 15) is 9.18 Å². The monoisotopic (exact) mass is 328 g/mol. The molecule has 2 aromatic carbocycles. The molecule has 2 aromatic rings. The van der Waals surface area contributed by atoms with E-state index in [-0.39, 0.29) is 11.7 Å². The van der Waals surface area contributed by atoms with Gasteiger partial charge < -0.3 is 10.1 Å². The second-order valence-electron chi connectivity index (χ2n) is 4.71. The summed E-state index contributed by atoms with van der Waals surface area (Å²) in [5.41, 5.74) is 1.39. The van der Waals surface area contributed by atoms with E-state index in [1.54, 1.807) is 37.5 Å². The van der Waals surface area contributed by atoms with Gasteiger partial charge in [-0.15, -0.1) is 0 Å². The summed E-state index contributed by atoms with van der Waals surface area (Å²) in [6.07, 6.45) is 1.70. The Bertz CT molecular complexity index is 800. The maximum Gasteiger partial charge on any atom is 0.264 e. The minimum atomic E-state index is -0.311. The fourth-order valence-electron chi connectivity index (χ4n) is 2.02. The van der Waals surface area contributed by atoms with Crippen molar-refractivity contribution in [2.24, 2.45) is 4.99 Å². The fraction of sp³-hybridized carbons (Fsp3) is 0.0588. The van der Waals surface area contributed by atoms with Crippen molar-refractivity contribution in [3.05, 3.63) is 64.8 Å². The van der Waals surface area contributed by atoms with Gasteiger partial charge in [-0.3, -0.25) is 4.79 Å². The summed E-state index contributed by atoms with van der Waals surface area (Å²) in [6, 6.07) is 13.2. The number of carbonyl (C=O) groups excluding carboxylic acids is 1. The van der Waals surface area contributed by atoms with Crippen LogP contribution in [0.3, 0.4) is 0 Å². The van der Waals surface area contributed by atoms with Crippen molar-refractivity contribution in [2.45, 2.75) is 0 Å². The Balaban J connectivity index is 1.84. The number of para-hydroxylation sites is 2. The minimum Gasteiger partial charge on any atom is -0.494 e. The largest absolute Gasteiger partial charge is 0.494 e. The molecule has 0 atom stereocenters. The first kappa shape index (κ1) is 15.3. The third-order valence-corrected chi connectivity index (χ3v) is 4.04. The van der Waals surface area contributed by atoms with Gasteiger partial charge in [0, 0.05) is 0 Å². The Labute approximate surface area is 137 Å². The number of aliphatic imine (C=N–C) groups is 1. The van der Waals surface area contributed by atoms with Crippen molar-refractivity contribution >= 4 is 34.6 Å². The number of hydrogen-bond acceptors (Lipinski definition) is 4. The number of rotatable bonds is 3. The smallest absolute Gasteiger partial charge is 0.264 e. The second-order valence-corrected chi connectivity index (χ2v) is 5.74. The van der Waals surface area contributed by atoms with Crippen molar-refractivity contribution in [3.8, 4) is 5.75 Å². The average molecular weight is 328 g/mol. The number of amides is 1. The highest BCUT2D eigenvalue weighted by Crippen LogP contribution is 2.31. The number of ether oxygens (including phenoxy) is 1. The molecule has 4 nitrogen and oxygen atoms in total. The number of benzene rings is 2. The first-order chi connectivity index (χ1) is 11.2. The van der Waals surface area contributed by atoms with Crippen molar-refractivity contribution in [2.75, 3.05) is 7.11 Å². The van der Waals surface area contributed by atoms with Gasteiger partial charge >= 0.3 is 0 Å². The highest BCUT2D eigenvalue weighted by atomic mass is 32.2. The van der Waals surface area contributed by atoms with E-state index in [1.807, 2.05) is 12.1 Å². The Morgan fingerprint density at radius 2 is 1.91 bits per heavy atom. The Morgan fingerprint density at radius 3 is 2.65 bits per heavy atom. The molecule has 6 heteroatoms. The molecule has 0 aromatic heterocycles. The average Bonchev–Trinajstić information content (AvgIpc) is 2.89. The summed E-state index contributed by atoms with van der Waals surface area (Å²) in [6.45, 7) is 0. The lowest BCUT2D eigenvalue weighted by Gasteiger charge is -2.03. The zero-order chi connectivity index (χ0) is 16.2. The topological polar surface area (TPSA) is 50.7 Å². The number of methoxy groups -OCH3 is 1. The lowest BCUT2D eigenvalue weighted by molar-refractivity contribution is -0.115. The lowest BCUT2D eigenvalue weighted by Crippen LogP contribution is -2.19. The van der Waals surface area contributed by atoms with Crippen LogP contribution in [0.4, 0.5) is 10.1 Å². The van der Waals surface area contributed by atoms with E-state index < -0.39 is 0 Å². The fourth-order valence-corrected chi connectivity index (χ4v) is 2.86. The minimum absolute atomic E-state index is 0.229. The SMILES string of the molecule is COc1ccccc1N=C1NC(=O)/C(=C/c2ccc(F)cc2)S1. The predicted molar refractivity (Wildman–Crippen MR) is 90.2 cm³/mol. The van der Waals surface area contributed by atoms with Gasteiger partial charge in [-0.1, -0.05) is 24.3 Å². The van der Waals surface area contributed by atoms with E-state index >= 15 is 0 Å². The molecule has 23 heavy (non-hydrogen) atoms. The molecule has 1 aliphatic heterocycles. The molecule has 1 amide bonds. The molecule has 0 unspecified atom stereocenters. The normalized spacial score (nSPS) is 17.6. The van der Waals surface area contributed by atoms with E-state index in [0.717, 1.165) is 5.56 Å². The van der Waals surface area contributed by atoms with Gasteiger partial charge in [0.25, 0.3) is 5.91 Å². The lowest BCUT2D eigenvalue weighted by atomic mass is 10.2. The van der Waals surface area contributed by atoms with E-state index in [2.05, 4.69) is 10.3 Å². The molecule has 0 radical (unpaired) electrons. The van der Waals surface area contributed by atoms with Crippen LogP contribution in [0.25, 0.3) is 6.08 Å². The third kappa shape index (κ3) is 3.60. The summed E-state index contributed by atoms with van der Waals surface area (Å²) >= 11 is 1.23. The number of nitrogens with one attached hydrogen (secondary N) is 1. The summed E-state index contributed by atoms with van der Waals surface area (Å²) < 4.78 is 18.2. The van der Waals surface area contributed by atoms with Crippen LogP contribution in [-0.4, -0.2) is 18.2 Å². The van der Waals surface area contributed by atoms with Gasteiger partial charge in [-0.2, -0.15) is 0 Å². The zero-order valence-corrected chi connectivity index (χ0v) is 13.1. The van der Waals surface area contributed by atoms with E-state index in [4.69, 9.17) is 4.74 Å². The van der Waals surface area contributed by atoms with E-state index in [1.165, 1.54) is 23.9 Å². The first-order valence-corrected chi connectivity index (χ1v) is 7.65. The highest BCUT2D eigenvalue weighted by molar-refractivity contribution is 8.18. The number of halogens is 1. The van der Waals surface area contributed by atoms with Crippen molar-refractivity contribution in [3.63, 3.8) is 0 Å². The molecule has 0 spiro atoms. The molecule has 1 fully saturated rings. The zero-order valence-electron chi connectivity index (χ0n) is 12.2. The third-order valence-electron chi connectivity index (χ3n) is 3.13. The molecule has 116 valence electrons. The number of hydrogen-bond donors (Lipinski definition) is 1. The molecule has 0 saturated carbocycles. The summed E-state index contributed by atoms with van der Waals surface area (Å²) in [7, 11) is 1.57. The molecule has 1 heterocycles. The van der Waals surface area contributed by atoms with Crippen molar-refractivity contribution < 1.29 is 13.9 Å². The number of nitrogens with zero attached hydrogens (tertiary/aromatic N) is 1. The predicted octanol–water partition coefficient (Wildman–Crippen LogP) is 3.73. The van der Waals surface area contributed by atoms with Gasteiger partial charge in [-0.05, 0) is 47.7 Å². The summed E-state index contributed by atoms with van der Waals surface area (Å²) in [4.78, 5) is 16.9. The van der Waals surface area contributed by atoms with Crippen LogP contribution in [0, 0.1) is 5.82 Å². The molecule has 1 saturated heterocycles. The van der Waals surface area contributed by atoms with Crippen LogP contribution >= 0.6 is 11.8 Å². The Morgan fingerprint density at radius 1 is 1.17 bits per heavy atom. The molecular formula is C17H13FN2O2S. The molecular weight excluding hydrogens is 315 g/mol. The van der Waals surface area contributed by atoms with Crippen LogP contribution in [0.1, 0.15) is 5.56 Å². The first-order valence-electron chi connectivity index (χ1n) is 6.84. The molecule has 3 rings (SSSR count). The highest BCUT2D eigenvalue weighted by Gasteiger charge is 2.24. The number of carbonyl (C=O) groups is 1. The second kappa shape index (κ2) is 6.66. The van der Waals surface area contributed by atoms with Gasteiger partial charge in [0.15, 0.2) is 5.17 Å². The van der Waals surface area contributed by atoms with Crippen molar-refractivity contribution in [1.82, 2.24) is 5.32 Å². The molecule has 0 aliphatic carbocycles. The Hall–Kier alpha value is -2.60. The quantitative estimate of drug-likeness (QED) is 0.874. The molecule has 1 N–H and O–H groups in total. The Kier molecular flexibility index (Phi) is 4.43. The number of thioether (sulfide) groups is 1. The van der Waals surface area contributed by atoms with Crippen molar-refractivity contribution in [1.29, 1.82) is 0 Å². The van der Waals surface area contributed by atoms with Gasteiger partial charge in [0.1, 0.15) is 17.3 Å².